The summed E-state index contributed by atoms with van der Waals surface area (Å²) in [6, 6.07) is 6.28. The number of phenolic OH excluding ortho intramolecular Hbond substituents is 1. The SMILES string of the molecule is CNc1ccc(/N=N/c2c(N)c(S(C)(=O)=O)cc3cc(S(=O)(=O)O)cc(O)c23)c(S(=O)(=O)O)c1. The minimum atomic E-state index is -4.77. The van der Waals surface area contributed by atoms with E-state index in [9.17, 15) is 39.5 Å². The van der Waals surface area contributed by atoms with E-state index in [1.807, 2.05) is 0 Å². The molecule has 13 nitrogen and oxygen atoms in total. The van der Waals surface area contributed by atoms with Crippen LogP contribution in [-0.4, -0.2) is 52.8 Å². The van der Waals surface area contributed by atoms with Crippen LogP contribution in [0.2, 0.25) is 0 Å². The molecule has 0 aromatic heterocycles. The number of fused-ring (bicyclic) bond motifs is 1. The normalized spacial score (nSPS) is 12.9. The number of aromatic hydroxyl groups is 1. The molecule has 0 bridgehead atoms. The number of hydrogen-bond acceptors (Lipinski definition) is 11. The van der Waals surface area contributed by atoms with Crippen LogP contribution in [0, 0.1) is 0 Å². The van der Waals surface area contributed by atoms with E-state index in [0.717, 1.165) is 24.5 Å². The van der Waals surface area contributed by atoms with E-state index >= 15 is 0 Å². The predicted molar refractivity (Wildman–Crippen MR) is 123 cm³/mol. The second kappa shape index (κ2) is 8.48. The number of phenols is 1. The van der Waals surface area contributed by atoms with Crippen LogP contribution in [0.5, 0.6) is 5.75 Å². The minimum absolute atomic E-state index is 0.170. The summed E-state index contributed by atoms with van der Waals surface area (Å²) in [6.45, 7) is 0. The van der Waals surface area contributed by atoms with E-state index < -0.39 is 61.9 Å². The molecule has 182 valence electrons. The molecule has 3 aromatic rings. The molecule has 0 saturated carbocycles. The lowest BCUT2D eigenvalue weighted by atomic mass is 10.1. The predicted octanol–water partition coefficient (Wildman–Crippen LogP) is 2.48. The largest absolute Gasteiger partial charge is 0.507 e. The van der Waals surface area contributed by atoms with Crippen molar-refractivity contribution in [3.8, 4) is 5.75 Å². The van der Waals surface area contributed by atoms with Crippen molar-refractivity contribution in [2.75, 3.05) is 24.4 Å². The van der Waals surface area contributed by atoms with Gasteiger partial charge < -0.3 is 16.2 Å². The molecule has 3 rings (SSSR count). The fourth-order valence-corrected chi connectivity index (χ4v) is 5.11. The Hall–Kier alpha value is -3.31. The number of hydrogen-bond donors (Lipinski definition) is 5. The number of nitrogens with zero attached hydrogens (tertiary/aromatic N) is 2. The highest BCUT2D eigenvalue weighted by atomic mass is 32.2. The molecule has 0 spiro atoms. The molecule has 0 aliphatic rings. The Morgan fingerprint density at radius 3 is 2.06 bits per heavy atom. The van der Waals surface area contributed by atoms with E-state index in [2.05, 4.69) is 15.5 Å². The van der Waals surface area contributed by atoms with E-state index in [0.29, 0.717) is 11.8 Å². The fourth-order valence-electron chi connectivity index (χ4n) is 3.09. The lowest BCUT2D eigenvalue weighted by Crippen LogP contribution is -2.04. The van der Waals surface area contributed by atoms with E-state index in [-0.39, 0.29) is 16.5 Å². The third-order valence-electron chi connectivity index (χ3n) is 4.65. The van der Waals surface area contributed by atoms with Gasteiger partial charge in [0.1, 0.15) is 22.0 Å². The molecule has 0 aliphatic heterocycles. The Morgan fingerprint density at radius 1 is 0.882 bits per heavy atom. The Balaban J connectivity index is 2.40. The molecule has 6 N–H and O–H groups in total. The molecule has 0 atom stereocenters. The second-order valence-electron chi connectivity index (χ2n) is 7.03. The van der Waals surface area contributed by atoms with Crippen LogP contribution < -0.4 is 11.1 Å². The Labute approximate surface area is 194 Å². The van der Waals surface area contributed by atoms with Crippen molar-refractivity contribution in [2.24, 2.45) is 10.2 Å². The standard InChI is InChI=1S/C18H18N4O9S3/c1-20-10-3-4-12(14(7-10)34(29,30)31)21-22-18-16-9(6-15(17(18)19)32(2,24)25)5-11(8-13(16)23)33(26,27)28/h3-8,20,23H,19H2,1-2H3,(H,26,27,28)(H,29,30,31)/b22-21+. The summed E-state index contributed by atoms with van der Waals surface area (Å²) in [7, 11) is -12.0. The number of benzene rings is 3. The number of azo groups is 1. The van der Waals surface area contributed by atoms with Crippen LogP contribution in [0.25, 0.3) is 10.8 Å². The number of nitrogens with one attached hydrogen (secondary N) is 1. The van der Waals surface area contributed by atoms with Crippen molar-refractivity contribution in [1.29, 1.82) is 0 Å². The van der Waals surface area contributed by atoms with Crippen LogP contribution in [0.1, 0.15) is 0 Å². The van der Waals surface area contributed by atoms with Gasteiger partial charge in [0.15, 0.2) is 9.84 Å². The third-order valence-corrected chi connectivity index (χ3v) is 7.50. The summed E-state index contributed by atoms with van der Waals surface area (Å²) in [5.41, 5.74) is 5.07. The summed E-state index contributed by atoms with van der Waals surface area (Å²) >= 11 is 0. The average Bonchev–Trinajstić information content (AvgIpc) is 2.70. The number of nitrogens with two attached hydrogens (primary N) is 1. The number of rotatable bonds is 6. The Bertz CT molecular complexity index is 1680. The molecular formula is C18H18N4O9S3. The highest BCUT2D eigenvalue weighted by Gasteiger charge is 2.23. The smallest absolute Gasteiger partial charge is 0.296 e. The van der Waals surface area contributed by atoms with Gasteiger partial charge in [-0.2, -0.15) is 16.8 Å². The van der Waals surface area contributed by atoms with Crippen LogP contribution in [0.15, 0.2) is 61.3 Å². The Morgan fingerprint density at radius 2 is 1.53 bits per heavy atom. The van der Waals surface area contributed by atoms with Gasteiger partial charge >= 0.3 is 0 Å². The van der Waals surface area contributed by atoms with Gasteiger partial charge in [-0.3, -0.25) is 9.11 Å². The monoisotopic (exact) mass is 530 g/mol. The van der Waals surface area contributed by atoms with Gasteiger partial charge in [0.25, 0.3) is 20.2 Å². The van der Waals surface area contributed by atoms with Crippen molar-refractivity contribution in [3.05, 3.63) is 36.4 Å². The van der Waals surface area contributed by atoms with E-state index in [1.54, 1.807) is 0 Å². The van der Waals surface area contributed by atoms with Crippen molar-refractivity contribution in [3.63, 3.8) is 0 Å². The molecule has 0 aliphatic carbocycles. The maximum atomic E-state index is 12.2. The first-order valence-corrected chi connectivity index (χ1v) is 13.8. The van der Waals surface area contributed by atoms with E-state index in [1.165, 1.54) is 19.2 Å². The number of anilines is 2. The molecule has 34 heavy (non-hydrogen) atoms. The quantitative estimate of drug-likeness (QED) is 0.177. The first kappa shape index (κ1) is 25.3. The maximum absolute atomic E-state index is 12.2. The van der Waals surface area contributed by atoms with Crippen molar-refractivity contribution >= 4 is 63.6 Å². The average molecular weight is 531 g/mol. The highest BCUT2D eigenvalue weighted by Crippen LogP contribution is 2.44. The number of sulfone groups is 1. The topological polar surface area (TPSA) is 226 Å². The van der Waals surface area contributed by atoms with Crippen molar-refractivity contribution in [1.82, 2.24) is 0 Å². The molecule has 0 heterocycles. The first-order valence-electron chi connectivity index (χ1n) is 9.02. The van der Waals surface area contributed by atoms with Crippen LogP contribution in [0.4, 0.5) is 22.7 Å². The van der Waals surface area contributed by atoms with Crippen LogP contribution in [0.3, 0.4) is 0 Å². The fraction of sp³-hybridized carbons (Fsp3) is 0.111. The van der Waals surface area contributed by atoms with Crippen molar-refractivity contribution < 1.29 is 39.5 Å². The highest BCUT2D eigenvalue weighted by molar-refractivity contribution is 7.91. The molecule has 0 amide bonds. The molecule has 0 saturated heterocycles. The summed E-state index contributed by atoms with van der Waals surface area (Å²) in [4.78, 5) is -1.83. The molecular weight excluding hydrogens is 512 g/mol. The molecule has 3 aromatic carbocycles. The number of nitrogen functional groups attached to an aromatic ring is 1. The second-order valence-corrected chi connectivity index (χ2v) is 11.8. The zero-order valence-corrected chi connectivity index (χ0v) is 19.9. The minimum Gasteiger partial charge on any atom is -0.507 e. The van der Waals surface area contributed by atoms with Gasteiger partial charge in [0.2, 0.25) is 0 Å². The summed E-state index contributed by atoms with van der Waals surface area (Å²) in [5, 5.41) is 20.3. The van der Waals surface area contributed by atoms with E-state index in [4.69, 9.17) is 5.73 Å². The van der Waals surface area contributed by atoms with Gasteiger partial charge in [-0.15, -0.1) is 10.2 Å². The lowest BCUT2D eigenvalue weighted by Gasteiger charge is -2.13. The summed E-state index contributed by atoms with van der Waals surface area (Å²) in [5.74, 6) is -0.730. The van der Waals surface area contributed by atoms with Gasteiger partial charge in [-0.05, 0) is 35.7 Å². The molecule has 0 radical (unpaired) electrons. The van der Waals surface area contributed by atoms with Gasteiger partial charge in [-0.1, -0.05) is 0 Å². The maximum Gasteiger partial charge on any atom is 0.296 e. The first-order chi connectivity index (χ1) is 15.5. The third kappa shape index (κ3) is 4.95. The molecule has 0 fully saturated rings. The summed E-state index contributed by atoms with van der Waals surface area (Å²) in [6.07, 6.45) is 0.824. The van der Waals surface area contributed by atoms with Gasteiger partial charge in [0.05, 0.1) is 20.9 Å². The van der Waals surface area contributed by atoms with Crippen molar-refractivity contribution in [2.45, 2.75) is 14.7 Å². The zero-order valence-electron chi connectivity index (χ0n) is 17.5. The van der Waals surface area contributed by atoms with Crippen LogP contribution >= 0.6 is 0 Å². The molecule has 16 heteroatoms. The zero-order chi connectivity index (χ0) is 25.6. The lowest BCUT2D eigenvalue weighted by molar-refractivity contribution is 0.471. The molecule has 0 unspecified atom stereocenters. The van der Waals surface area contributed by atoms with Crippen LogP contribution in [-0.2, 0) is 30.1 Å². The van der Waals surface area contributed by atoms with Gasteiger partial charge in [0, 0.05) is 25.1 Å². The van der Waals surface area contributed by atoms with Gasteiger partial charge in [-0.25, -0.2) is 8.42 Å². The summed E-state index contributed by atoms with van der Waals surface area (Å²) < 4.78 is 90.0. The Kier molecular flexibility index (Phi) is 6.31.